The molecule has 43 heavy (non-hydrogen) atoms. The molecule has 1 N–H and O–H groups in total. The van der Waals surface area contributed by atoms with Crippen molar-refractivity contribution >= 4 is 11.9 Å². The Hall–Kier alpha value is -1.36. The largest absolute Gasteiger partial charge is 0.462 e. The smallest absolute Gasteiger partial charge is 0.306 e. The average molecular weight is 609 g/mol. The summed E-state index contributed by atoms with van der Waals surface area (Å²) in [6.45, 7) is 4.13. The molecule has 0 amide bonds. The molecule has 0 aliphatic carbocycles. The molecular weight excluding hydrogens is 536 g/mol. The lowest BCUT2D eigenvalue weighted by Crippen LogP contribution is -2.28. The third-order valence-electron chi connectivity index (χ3n) is 8.31. The lowest BCUT2D eigenvalue weighted by molar-refractivity contribution is -0.161. The third-order valence-corrected chi connectivity index (χ3v) is 8.31. The van der Waals surface area contributed by atoms with Gasteiger partial charge in [0.15, 0.2) is 6.10 Å². The first-order valence-electron chi connectivity index (χ1n) is 18.7. The summed E-state index contributed by atoms with van der Waals surface area (Å²) >= 11 is 0. The number of esters is 2. The summed E-state index contributed by atoms with van der Waals surface area (Å²) in [4.78, 5) is 24.2. The number of hydrogen-bond acceptors (Lipinski definition) is 5. The Morgan fingerprint density at radius 3 is 1.26 bits per heavy atom. The fourth-order valence-electron chi connectivity index (χ4n) is 5.43. The highest BCUT2D eigenvalue weighted by molar-refractivity contribution is 5.70. The van der Waals surface area contributed by atoms with E-state index in [1.54, 1.807) is 0 Å². The van der Waals surface area contributed by atoms with Crippen molar-refractivity contribution in [1.82, 2.24) is 0 Å². The number of carbonyl (C=O) groups is 2. The Kier molecular flexibility index (Phi) is 34.0. The lowest BCUT2D eigenvalue weighted by atomic mass is 10.0. The van der Waals surface area contributed by atoms with E-state index >= 15 is 0 Å². The molecule has 0 aromatic carbocycles. The summed E-state index contributed by atoms with van der Waals surface area (Å²) < 4.78 is 10.6. The van der Waals surface area contributed by atoms with Crippen LogP contribution in [-0.2, 0) is 19.1 Å². The van der Waals surface area contributed by atoms with Gasteiger partial charge in [-0.1, -0.05) is 161 Å². The molecule has 0 spiro atoms. The Bertz CT molecular complexity index is 617. The monoisotopic (exact) mass is 609 g/mol. The van der Waals surface area contributed by atoms with Crippen molar-refractivity contribution in [3.8, 4) is 0 Å². The molecule has 0 saturated heterocycles. The molecule has 0 saturated carbocycles. The normalized spacial score (nSPS) is 12.2. The van der Waals surface area contributed by atoms with Crippen LogP contribution in [0.15, 0.2) is 12.2 Å². The van der Waals surface area contributed by atoms with Gasteiger partial charge in [-0.25, -0.2) is 0 Å². The second-order valence-electron chi connectivity index (χ2n) is 12.7. The van der Waals surface area contributed by atoms with Crippen LogP contribution >= 0.6 is 0 Å². The number of allylic oxidation sites excluding steroid dienone is 2. The molecule has 5 nitrogen and oxygen atoms in total. The van der Waals surface area contributed by atoms with E-state index in [1.165, 1.54) is 135 Å². The standard InChI is InChI=1S/C38H72O5/c1-3-5-7-9-11-13-15-17-18-19-20-21-23-25-27-29-31-33-38(41)43-36(34-39)35-42-37(40)32-30-28-26-24-22-16-14-12-10-8-6-4-2/h17-18,36,39H,3-16,19-35H2,1-2H3. The summed E-state index contributed by atoms with van der Waals surface area (Å²) in [6, 6.07) is 0. The number of ether oxygens (including phenoxy) is 2. The van der Waals surface area contributed by atoms with Crippen molar-refractivity contribution in [2.45, 2.75) is 206 Å². The van der Waals surface area contributed by atoms with Gasteiger partial charge in [-0.15, -0.1) is 0 Å². The molecule has 0 heterocycles. The molecule has 0 rings (SSSR count). The van der Waals surface area contributed by atoms with E-state index in [9.17, 15) is 14.7 Å². The van der Waals surface area contributed by atoms with Crippen LogP contribution in [0.5, 0.6) is 0 Å². The minimum absolute atomic E-state index is 0.0619. The fraction of sp³-hybridized carbons (Fsp3) is 0.895. The van der Waals surface area contributed by atoms with Gasteiger partial charge in [0.05, 0.1) is 6.61 Å². The molecule has 0 aliphatic heterocycles. The minimum Gasteiger partial charge on any atom is -0.462 e. The van der Waals surface area contributed by atoms with E-state index in [0.717, 1.165) is 38.5 Å². The first-order valence-corrected chi connectivity index (χ1v) is 18.7. The van der Waals surface area contributed by atoms with Gasteiger partial charge in [0, 0.05) is 12.8 Å². The highest BCUT2D eigenvalue weighted by Crippen LogP contribution is 2.14. The second kappa shape index (κ2) is 35.1. The van der Waals surface area contributed by atoms with Crippen LogP contribution in [0.4, 0.5) is 0 Å². The van der Waals surface area contributed by atoms with Crippen LogP contribution in [0.1, 0.15) is 200 Å². The quantitative estimate of drug-likeness (QED) is 0.0447. The van der Waals surface area contributed by atoms with Crippen molar-refractivity contribution in [1.29, 1.82) is 0 Å². The van der Waals surface area contributed by atoms with Crippen LogP contribution in [0, 0.1) is 0 Å². The van der Waals surface area contributed by atoms with Gasteiger partial charge in [-0.3, -0.25) is 9.59 Å². The second-order valence-corrected chi connectivity index (χ2v) is 12.7. The van der Waals surface area contributed by atoms with Crippen LogP contribution in [0.2, 0.25) is 0 Å². The maximum Gasteiger partial charge on any atom is 0.306 e. The maximum absolute atomic E-state index is 12.1. The van der Waals surface area contributed by atoms with Crippen molar-refractivity contribution in [3.05, 3.63) is 12.2 Å². The molecule has 254 valence electrons. The first kappa shape index (κ1) is 41.6. The Morgan fingerprint density at radius 2 is 0.860 bits per heavy atom. The van der Waals surface area contributed by atoms with Crippen molar-refractivity contribution in [2.24, 2.45) is 0 Å². The van der Waals surface area contributed by atoms with Crippen LogP contribution in [0.25, 0.3) is 0 Å². The van der Waals surface area contributed by atoms with Crippen molar-refractivity contribution in [2.75, 3.05) is 13.2 Å². The highest BCUT2D eigenvalue weighted by atomic mass is 16.6. The van der Waals surface area contributed by atoms with E-state index in [-0.39, 0.29) is 25.2 Å². The molecular formula is C38H72O5. The number of hydrogen-bond donors (Lipinski definition) is 1. The van der Waals surface area contributed by atoms with Gasteiger partial charge in [0.25, 0.3) is 0 Å². The summed E-state index contributed by atoms with van der Waals surface area (Å²) in [5.41, 5.74) is 0. The number of aliphatic hydroxyl groups excluding tert-OH is 1. The van der Waals surface area contributed by atoms with E-state index in [1.807, 2.05) is 0 Å². The third kappa shape index (κ3) is 33.4. The zero-order valence-electron chi connectivity index (χ0n) is 28.7. The molecule has 0 fully saturated rings. The zero-order chi connectivity index (χ0) is 31.5. The van der Waals surface area contributed by atoms with E-state index in [4.69, 9.17) is 9.47 Å². The zero-order valence-corrected chi connectivity index (χ0v) is 28.7. The summed E-state index contributed by atoms with van der Waals surface area (Å²) in [5, 5.41) is 9.52. The molecule has 5 heteroatoms. The molecule has 1 unspecified atom stereocenters. The highest BCUT2D eigenvalue weighted by Gasteiger charge is 2.16. The van der Waals surface area contributed by atoms with Gasteiger partial charge >= 0.3 is 11.9 Å². The molecule has 0 aromatic rings. The van der Waals surface area contributed by atoms with Crippen LogP contribution < -0.4 is 0 Å². The van der Waals surface area contributed by atoms with Crippen LogP contribution in [-0.4, -0.2) is 36.4 Å². The van der Waals surface area contributed by atoms with Gasteiger partial charge in [0.1, 0.15) is 6.61 Å². The van der Waals surface area contributed by atoms with E-state index in [2.05, 4.69) is 26.0 Å². The molecule has 1 atom stereocenters. The number of rotatable bonds is 34. The van der Waals surface area contributed by atoms with Crippen LogP contribution in [0.3, 0.4) is 0 Å². The summed E-state index contributed by atoms with van der Waals surface area (Å²) in [6.07, 6.45) is 38.4. The Balaban J connectivity index is 3.54. The van der Waals surface area contributed by atoms with E-state index in [0.29, 0.717) is 12.8 Å². The summed E-state index contributed by atoms with van der Waals surface area (Å²) in [5.74, 6) is -0.588. The van der Waals surface area contributed by atoms with Gasteiger partial charge < -0.3 is 14.6 Å². The predicted molar refractivity (Wildman–Crippen MR) is 182 cm³/mol. The molecule has 0 aliphatic rings. The molecule has 0 aromatic heterocycles. The van der Waals surface area contributed by atoms with Crippen molar-refractivity contribution < 1.29 is 24.2 Å². The maximum atomic E-state index is 12.1. The number of unbranched alkanes of at least 4 members (excludes halogenated alkanes) is 24. The van der Waals surface area contributed by atoms with Gasteiger partial charge in [0.2, 0.25) is 0 Å². The minimum atomic E-state index is -0.765. The summed E-state index contributed by atoms with van der Waals surface area (Å²) in [7, 11) is 0. The number of carbonyl (C=O) groups excluding carboxylic acids is 2. The SMILES string of the molecule is CCCCCCCCC=CCCCCCCCCCC(=O)OC(CO)COC(=O)CCCCCCCCCCCCCC. The predicted octanol–water partition coefficient (Wildman–Crippen LogP) is 11.3. The van der Waals surface area contributed by atoms with Gasteiger partial charge in [-0.2, -0.15) is 0 Å². The fourth-order valence-corrected chi connectivity index (χ4v) is 5.43. The molecule has 0 radical (unpaired) electrons. The van der Waals surface area contributed by atoms with E-state index < -0.39 is 6.10 Å². The Labute approximate surface area is 267 Å². The number of aliphatic hydroxyl groups is 1. The first-order chi connectivity index (χ1) is 21.1. The lowest BCUT2D eigenvalue weighted by Gasteiger charge is -2.15. The average Bonchev–Trinajstić information content (AvgIpc) is 3.01. The molecule has 0 bridgehead atoms. The Morgan fingerprint density at radius 1 is 0.512 bits per heavy atom. The van der Waals surface area contributed by atoms with Crippen molar-refractivity contribution in [3.63, 3.8) is 0 Å². The topological polar surface area (TPSA) is 72.8 Å². The van der Waals surface area contributed by atoms with Gasteiger partial charge in [-0.05, 0) is 38.5 Å².